The summed E-state index contributed by atoms with van der Waals surface area (Å²) in [6.07, 6.45) is 3.72. The lowest BCUT2D eigenvalue weighted by atomic mass is 9.88. The maximum absolute atomic E-state index is 4.05. The van der Waals surface area contributed by atoms with Crippen LogP contribution in [0.5, 0.6) is 0 Å². The SMILES string of the molecule is [CH2]C(C)CCCC([CH2])(C)C. The van der Waals surface area contributed by atoms with E-state index in [4.69, 9.17) is 0 Å². The summed E-state index contributed by atoms with van der Waals surface area (Å²) in [5.74, 6) is 0.599. The van der Waals surface area contributed by atoms with Gasteiger partial charge in [-0.15, -0.1) is 0 Å². The van der Waals surface area contributed by atoms with Gasteiger partial charge in [-0.25, -0.2) is 0 Å². The van der Waals surface area contributed by atoms with E-state index in [9.17, 15) is 0 Å². The second-order valence-corrected chi connectivity index (χ2v) is 4.16. The molecule has 0 saturated carbocycles. The van der Waals surface area contributed by atoms with Crippen molar-refractivity contribution >= 4 is 0 Å². The minimum absolute atomic E-state index is 0.259. The van der Waals surface area contributed by atoms with Gasteiger partial charge in [-0.05, 0) is 24.7 Å². The number of hydrogen-bond donors (Lipinski definition) is 0. The molecule has 0 heteroatoms. The summed E-state index contributed by atoms with van der Waals surface area (Å²) in [4.78, 5) is 0. The molecule has 0 aliphatic rings. The van der Waals surface area contributed by atoms with Crippen LogP contribution in [0.15, 0.2) is 0 Å². The van der Waals surface area contributed by atoms with Crippen molar-refractivity contribution in [2.24, 2.45) is 11.3 Å². The molecule has 0 N–H and O–H groups in total. The Morgan fingerprint density at radius 3 is 2.20 bits per heavy atom. The average Bonchev–Trinajstić information content (AvgIpc) is 1.59. The maximum atomic E-state index is 4.05. The van der Waals surface area contributed by atoms with E-state index in [0.717, 1.165) is 0 Å². The molecule has 0 fully saturated rings. The number of hydrogen-bond acceptors (Lipinski definition) is 0. The molecule has 0 aliphatic heterocycles. The van der Waals surface area contributed by atoms with Crippen LogP contribution < -0.4 is 0 Å². The Morgan fingerprint density at radius 2 is 1.90 bits per heavy atom. The van der Waals surface area contributed by atoms with Gasteiger partial charge in [0.1, 0.15) is 0 Å². The summed E-state index contributed by atoms with van der Waals surface area (Å²) in [6.45, 7) is 14.5. The third-order valence-corrected chi connectivity index (χ3v) is 1.55. The Balaban J connectivity index is 3.21. The lowest BCUT2D eigenvalue weighted by Crippen LogP contribution is -2.05. The van der Waals surface area contributed by atoms with Crippen molar-refractivity contribution < 1.29 is 0 Å². The van der Waals surface area contributed by atoms with Gasteiger partial charge in [0.15, 0.2) is 0 Å². The summed E-state index contributed by atoms with van der Waals surface area (Å²) in [5, 5.41) is 0. The molecule has 10 heavy (non-hydrogen) atoms. The zero-order chi connectivity index (χ0) is 8.20. The van der Waals surface area contributed by atoms with Gasteiger partial charge < -0.3 is 0 Å². The third-order valence-electron chi connectivity index (χ3n) is 1.55. The summed E-state index contributed by atoms with van der Waals surface area (Å²) in [6, 6.07) is 0. The lowest BCUT2D eigenvalue weighted by molar-refractivity contribution is 0.396. The lowest BCUT2D eigenvalue weighted by Gasteiger charge is -2.17. The molecule has 60 valence electrons. The van der Waals surface area contributed by atoms with Crippen LogP contribution in [0.4, 0.5) is 0 Å². The molecule has 0 aromatic carbocycles. The van der Waals surface area contributed by atoms with E-state index in [2.05, 4.69) is 34.6 Å². The van der Waals surface area contributed by atoms with Gasteiger partial charge in [-0.3, -0.25) is 0 Å². The average molecular weight is 140 g/mol. The van der Waals surface area contributed by atoms with Gasteiger partial charge >= 0.3 is 0 Å². The van der Waals surface area contributed by atoms with Crippen LogP contribution in [0.25, 0.3) is 0 Å². The van der Waals surface area contributed by atoms with E-state index >= 15 is 0 Å². The zero-order valence-corrected chi connectivity index (χ0v) is 7.61. The molecule has 0 aromatic heterocycles. The van der Waals surface area contributed by atoms with Gasteiger partial charge in [0.2, 0.25) is 0 Å². The molecule has 0 aromatic rings. The molecule has 0 nitrogen and oxygen atoms in total. The molecular weight excluding hydrogens is 120 g/mol. The van der Waals surface area contributed by atoms with Crippen molar-refractivity contribution in [3.63, 3.8) is 0 Å². The van der Waals surface area contributed by atoms with Crippen LogP contribution in [-0.2, 0) is 0 Å². The fraction of sp³-hybridized carbons (Fsp3) is 0.800. The summed E-state index contributed by atoms with van der Waals surface area (Å²) >= 11 is 0. The monoisotopic (exact) mass is 140 g/mol. The Kier molecular flexibility index (Phi) is 4.00. The summed E-state index contributed by atoms with van der Waals surface area (Å²) < 4.78 is 0. The van der Waals surface area contributed by atoms with Crippen molar-refractivity contribution in [3.05, 3.63) is 13.8 Å². The van der Waals surface area contributed by atoms with Gasteiger partial charge in [0, 0.05) is 0 Å². The fourth-order valence-electron chi connectivity index (χ4n) is 0.929. The van der Waals surface area contributed by atoms with E-state index < -0.39 is 0 Å². The highest BCUT2D eigenvalue weighted by Crippen LogP contribution is 2.22. The Bertz CT molecular complexity index is 74.5. The van der Waals surface area contributed by atoms with Crippen LogP contribution in [0.3, 0.4) is 0 Å². The minimum Gasteiger partial charge on any atom is -0.0625 e. The highest BCUT2D eigenvalue weighted by Gasteiger charge is 2.09. The van der Waals surface area contributed by atoms with Crippen LogP contribution >= 0.6 is 0 Å². The molecule has 0 rings (SSSR count). The van der Waals surface area contributed by atoms with Gasteiger partial charge in [-0.1, -0.05) is 40.5 Å². The van der Waals surface area contributed by atoms with Gasteiger partial charge in [0.25, 0.3) is 0 Å². The van der Waals surface area contributed by atoms with Crippen LogP contribution in [0, 0.1) is 25.2 Å². The Labute approximate surface area is 66.0 Å². The third kappa shape index (κ3) is 8.00. The van der Waals surface area contributed by atoms with E-state index in [1.807, 2.05) is 0 Å². The molecule has 0 bridgehead atoms. The zero-order valence-electron chi connectivity index (χ0n) is 7.61. The van der Waals surface area contributed by atoms with Crippen molar-refractivity contribution in [2.45, 2.75) is 40.0 Å². The van der Waals surface area contributed by atoms with Crippen molar-refractivity contribution in [3.8, 4) is 0 Å². The first-order valence-electron chi connectivity index (χ1n) is 4.10. The van der Waals surface area contributed by atoms with E-state index in [-0.39, 0.29) is 5.41 Å². The van der Waals surface area contributed by atoms with E-state index in [1.54, 1.807) is 0 Å². The normalized spacial score (nSPS) is 12.6. The fourth-order valence-corrected chi connectivity index (χ4v) is 0.929. The molecule has 0 aliphatic carbocycles. The Morgan fingerprint density at radius 1 is 1.40 bits per heavy atom. The molecule has 0 spiro atoms. The predicted octanol–water partition coefficient (Wildman–Crippen LogP) is 3.49. The van der Waals surface area contributed by atoms with E-state index in [0.29, 0.717) is 5.92 Å². The smallest absolute Gasteiger partial charge is 0.0354 e. The van der Waals surface area contributed by atoms with Gasteiger partial charge in [-0.2, -0.15) is 0 Å². The second kappa shape index (κ2) is 4.00. The molecule has 2 radical (unpaired) electrons. The van der Waals surface area contributed by atoms with E-state index in [1.165, 1.54) is 19.3 Å². The molecule has 0 heterocycles. The first kappa shape index (κ1) is 10.0. The second-order valence-electron chi connectivity index (χ2n) is 4.16. The first-order valence-corrected chi connectivity index (χ1v) is 4.10. The first-order chi connectivity index (χ1) is 4.42. The summed E-state index contributed by atoms with van der Waals surface area (Å²) in [5.41, 5.74) is 0.259. The predicted molar refractivity (Wildman–Crippen MR) is 47.5 cm³/mol. The largest absolute Gasteiger partial charge is 0.0625 e. The van der Waals surface area contributed by atoms with Crippen LogP contribution in [0.1, 0.15) is 40.0 Å². The topological polar surface area (TPSA) is 0 Å². The molecular formula is C10H20. The highest BCUT2D eigenvalue weighted by molar-refractivity contribution is 4.70. The van der Waals surface area contributed by atoms with Crippen LogP contribution in [0.2, 0.25) is 0 Å². The van der Waals surface area contributed by atoms with Crippen molar-refractivity contribution in [1.82, 2.24) is 0 Å². The van der Waals surface area contributed by atoms with Crippen LogP contribution in [-0.4, -0.2) is 0 Å². The maximum Gasteiger partial charge on any atom is -0.0354 e. The molecule has 0 saturated heterocycles. The summed E-state index contributed by atoms with van der Waals surface area (Å²) in [7, 11) is 0. The molecule has 1 atom stereocenters. The van der Waals surface area contributed by atoms with Gasteiger partial charge in [0.05, 0.1) is 0 Å². The van der Waals surface area contributed by atoms with Crippen molar-refractivity contribution in [1.29, 1.82) is 0 Å². The Hall–Kier alpha value is 0. The van der Waals surface area contributed by atoms with Crippen molar-refractivity contribution in [2.75, 3.05) is 0 Å². The quantitative estimate of drug-likeness (QED) is 0.560. The molecule has 1 unspecified atom stereocenters. The highest BCUT2D eigenvalue weighted by atomic mass is 14.1. The standard InChI is InChI=1S/C10H20/c1-9(2)7-6-8-10(3,4)5/h9H,1,3,6-8H2,2,4-5H3. The number of rotatable bonds is 4. The molecule has 0 amide bonds. The minimum atomic E-state index is 0.259.